The van der Waals surface area contributed by atoms with E-state index in [9.17, 15) is 4.79 Å². The van der Waals surface area contributed by atoms with Gasteiger partial charge in [0.1, 0.15) is 23.5 Å². The standard InChI is InChI=1S/C19H19N7O/c1-21-19(27)14-7-10-5-6-11(8-13(10)24-14)16-15-17(20)22-9-23-18(15)26(25-16)12-3-2-4-12/h5-9,12,24H,2-4H2,1H3,(H,21,27)(H2,20,22,23). The Hall–Kier alpha value is -3.42. The largest absolute Gasteiger partial charge is 0.383 e. The normalized spacial score (nSPS) is 14.6. The van der Waals surface area contributed by atoms with Crippen LogP contribution in [0.15, 0.2) is 30.6 Å². The summed E-state index contributed by atoms with van der Waals surface area (Å²) < 4.78 is 1.99. The van der Waals surface area contributed by atoms with Crippen molar-refractivity contribution in [3.63, 3.8) is 0 Å². The van der Waals surface area contributed by atoms with Crippen LogP contribution in [-0.2, 0) is 0 Å². The molecule has 8 heteroatoms. The van der Waals surface area contributed by atoms with Crippen molar-refractivity contribution in [1.82, 2.24) is 30.0 Å². The van der Waals surface area contributed by atoms with E-state index in [1.807, 2.05) is 28.9 Å². The van der Waals surface area contributed by atoms with Gasteiger partial charge in [0.05, 0.1) is 11.4 Å². The number of hydrogen-bond donors (Lipinski definition) is 3. The second kappa shape index (κ2) is 5.80. The van der Waals surface area contributed by atoms with Gasteiger partial charge in [-0.1, -0.05) is 12.1 Å². The lowest BCUT2D eigenvalue weighted by molar-refractivity contribution is 0.0959. The highest BCUT2D eigenvalue weighted by atomic mass is 16.1. The summed E-state index contributed by atoms with van der Waals surface area (Å²) >= 11 is 0. The Labute approximate surface area is 154 Å². The molecule has 27 heavy (non-hydrogen) atoms. The molecule has 0 bridgehead atoms. The Bertz CT molecular complexity index is 1190. The van der Waals surface area contributed by atoms with Gasteiger partial charge in [-0.05, 0) is 31.4 Å². The minimum Gasteiger partial charge on any atom is -0.383 e. The van der Waals surface area contributed by atoms with Gasteiger partial charge in [-0.2, -0.15) is 5.10 Å². The average Bonchev–Trinajstić information content (AvgIpc) is 3.22. The lowest BCUT2D eigenvalue weighted by atomic mass is 9.93. The van der Waals surface area contributed by atoms with Gasteiger partial charge in [-0.15, -0.1) is 0 Å². The van der Waals surface area contributed by atoms with Crippen LogP contribution in [0.3, 0.4) is 0 Å². The molecule has 0 spiro atoms. The molecule has 3 heterocycles. The zero-order valence-corrected chi connectivity index (χ0v) is 14.9. The Morgan fingerprint density at radius 3 is 2.89 bits per heavy atom. The molecule has 0 saturated heterocycles. The van der Waals surface area contributed by atoms with E-state index in [1.165, 1.54) is 12.7 Å². The number of aromatic nitrogens is 5. The van der Waals surface area contributed by atoms with E-state index in [0.29, 0.717) is 17.6 Å². The summed E-state index contributed by atoms with van der Waals surface area (Å²) in [7, 11) is 1.61. The SMILES string of the molecule is CNC(=O)c1cc2ccc(-c3nn(C4CCC4)c4ncnc(N)c34)cc2[nH]1. The molecule has 0 radical (unpaired) electrons. The molecule has 1 aromatic carbocycles. The van der Waals surface area contributed by atoms with Crippen molar-refractivity contribution in [2.75, 3.05) is 12.8 Å². The maximum absolute atomic E-state index is 11.9. The third-order valence-corrected chi connectivity index (χ3v) is 5.31. The maximum Gasteiger partial charge on any atom is 0.267 e. The Morgan fingerprint density at radius 1 is 1.30 bits per heavy atom. The molecule has 1 amide bonds. The number of hydrogen-bond acceptors (Lipinski definition) is 5. The Kier molecular flexibility index (Phi) is 3.40. The number of nitrogens with two attached hydrogens (primary N) is 1. The number of amides is 1. The van der Waals surface area contributed by atoms with E-state index in [1.54, 1.807) is 7.05 Å². The highest BCUT2D eigenvalue weighted by molar-refractivity contribution is 6.02. The first-order valence-electron chi connectivity index (χ1n) is 8.99. The van der Waals surface area contributed by atoms with Crippen LogP contribution in [-0.4, -0.2) is 37.7 Å². The fourth-order valence-electron chi connectivity index (χ4n) is 3.61. The van der Waals surface area contributed by atoms with Crippen LogP contribution in [0.2, 0.25) is 0 Å². The van der Waals surface area contributed by atoms with Crippen LogP contribution in [0, 0.1) is 0 Å². The number of fused-ring (bicyclic) bond motifs is 2. The number of aromatic amines is 1. The maximum atomic E-state index is 11.9. The van der Waals surface area contributed by atoms with Crippen molar-refractivity contribution in [2.24, 2.45) is 0 Å². The van der Waals surface area contributed by atoms with E-state index in [-0.39, 0.29) is 5.91 Å². The molecule has 136 valence electrons. The van der Waals surface area contributed by atoms with Gasteiger partial charge in [-0.3, -0.25) is 4.79 Å². The third-order valence-electron chi connectivity index (χ3n) is 5.31. The first-order chi connectivity index (χ1) is 13.2. The molecule has 1 aliphatic carbocycles. The van der Waals surface area contributed by atoms with Crippen LogP contribution < -0.4 is 11.1 Å². The van der Waals surface area contributed by atoms with Gasteiger partial charge in [0.15, 0.2) is 5.65 Å². The second-order valence-electron chi connectivity index (χ2n) is 6.90. The minimum absolute atomic E-state index is 0.148. The Morgan fingerprint density at radius 2 is 2.15 bits per heavy atom. The zero-order valence-electron chi connectivity index (χ0n) is 14.9. The molecule has 0 unspecified atom stereocenters. The molecular formula is C19H19N7O. The van der Waals surface area contributed by atoms with Gasteiger partial charge >= 0.3 is 0 Å². The lowest BCUT2D eigenvalue weighted by Crippen LogP contribution is -2.18. The van der Waals surface area contributed by atoms with Crippen molar-refractivity contribution < 1.29 is 4.79 Å². The molecule has 5 rings (SSSR count). The van der Waals surface area contributed by atoms with E-state index in [4.69, 9.17) is 10.8 Å². The van der Waals surface area contributed by atoms with Gasteiger partial charge in [0.2, 0.25) is 0 Å². The minimum atomic E-state index is -0.148. The van der Waals surface area contributed by atoms with Gasteiger partial charge in [-0.25, -0.2) is 14.6 Å². The Balaban J connectivity index is 1.69. The molecule has 1 fully saturated rings. The summed E-state index contributed by atoms with van der Waals surface area (Å²) in [5.74, 6) is 0.281. The summed E-state index contributed by atoms with van der Waals surface area (Å²) in [6.45, 7) is 0. The molecule has 4 aromatic rings. The van der Waals surface area contributed by atoms with E-state index in [0.717, 1.165) is 46.0 Å². The molecule has 0 aliphatic heterocycles. The van der Waals surface area contributed by atoms with E-state index < -0.39 is 0 Å². The van der Waals surface area contributed by atoms with Crippen LogP contribution in [0.25, 0.3) is 33.2 Å². The lowest BCUT2D eigenvalue weighted by Gasteiger charge is -2.25. The zero-order chi connectivity index (χ0) is 18.5. The second-order valence-corrected chi connectivity index (χ2v) is 6.90. The molecule has 3 aromatic heterocycles. The predicted octanol–water partition coefficient (Wildman–Crippen LogP) is 2.64. The highest BCUT2D eigenvalue weighted by Gasteiger charge is 2.26. The number of nitrogen functional groups attached to an aromatic ring is 1. The highest BCUT2D eigenvalue weighted by Crippen LogP contribution is 2.38. The third kappa shape index (κ3) is 2.37. The van der Waals surface area contributed by atoms with Crippen molar-refractivity contribution in [2.45, 2.75) is 25.3 Å². The first kappa shape index (κ1) is 15.8. The fourth-order valence-corrected chi connectivity index (χ4v) is 3.61. The first-order valence-corrected chi connectivity index (χ1v) is 8.99. The molecule has 1 saturated carbocycles. The van der Waals surface area contributed by atoms with Crippen LogP contribution in [0.1, 0.15) is 35.8 Å². The predicted molar refractivity (Wildman–Crippen MR) is 103 cm³/mol. The summed E-state index contributed by atoms with van der Waals surface area (Å²) in [5.41, 5.74) is 10.0. The van der Waals surface area contributed by atoms with Gasteiger partial charge < -0.3 is 16.0 Å². The summed E-state index contributed by atoms with van der Waals surface area (Å²) in [5, 5.41) is 9.22. The molecular weight excluding hydrogens is 342 g/mol. The number of carbonyl (C=O) groups is 1. The quantitative estimate of drug-likeness (QED) is 0.519. The van der Waals surface area contributed by atoms with Crippen molar-refractivity contribution in [3.8, 4) is 11.3 Å². The van der Waals surface area contributed by atoms with Crippen LogP contribution in [0.5, 0.6) is 0 Å². The molecule has 4 N–H and O–H groups in total. The van der Waals surface area contributed by atoms with Crippen LogP contribution in [0.4, 0.5) is 5.82 Å². The number of nitrogens with zero attached hydrogens (tertiary/aromatic N) is 4. The van der Waals surface area contributed by atoms with Gasteiger partial charge in [0.25, 0.3) is 5.91 Å². The number of carbonyl (C=O) groups excluding carboxylic acids is 1. The monoisotopic (exact) mass is 361 g/mol. The van der Waals surface area contributed by atoms with Gasteiger partial charge in [0, 0.05) is 23.5 Å². The average molecular weight is 361 g/mol. The number of anilines is 1. The van der Waals surface area contributed by atoms with E-state index in [2.05, 4.69) is 20.3 Å². The molecule has 8 nitrogen and oxygen atoms in total. The number of rotatable bonds is 3. The van der Waals surface area contributed by atoms with Crippen LogP contribution >= 0.6 is 0 Å². The molecule has 1 aliphatic rings. The van der Waals surface area contributed by atoms with Crippen molar-refractivity contribution >= 4 is 33.7 Å². The van der Waals surface area contributed by atoms with Crippen molar-refractivity contribution in [1.29, 1.82) is 0 Å². The summed E-state index contributed by atoms with van der Waals surface area (Å²) in [4.78, 5) is 23.6. The smallest absolute Gasteiger partial charge is 0.267 e. The number of H-pyrrole nitrogens is 1. The summed E-state index contributed by atoms with van der Waals surface area (Å²) in [6, 6.07) is 8.15. The van der Waals surface area contributed by atoms with E-state index >= 15 is 0 Å². The number of benzene rings is 1. The topological polar surface area (TPSA) is 115 Å². The number of nitrogens with one attached hydrogen (secondary N) is 2. The fraction of sp³-hybridized carbons (Fsp3) is 0.263. The molecule has 0 atom stereocenters. The van der Waals surface area contributed by atoms with Crippen molar-refractivity contribution in [3.05, 3.63) is 36.3 Å². The summed E-state index contributed by atoms with van der Waals surface area (Å²) in [6.07, 6.45) is 4.90.